The molecule has 1 aliphatic rings. The van der Waals surface area contributed by atoms with E-state index in [0.717, 1.165) is 18.7 Å². The third kappa shape index (κ3) is 7.26. The van der Waals surface area contributed by atoms with Crippen LogP contribution in [0.1, 0.15) is 25.8 Å². The summed E-state index contributed by atoms with van der Waals surface area (Å²) in [7, 11) is 0. The molecule has 1 aliphatic heterocycles. The SMILES string of the molecule is Cc1ccc(-n2cc(-c3ccccc3)nc2NC(=O)CN(CCN2CCOCC2)C(=O)CC(C)C)cc1F. The van der Waals surface area contributed by atoms with Gasteiger partial charge in [-0.05, 0) is 30.5 Å². The van der Waals surface area contributed by atoms with E-state index in [2.05, 4.69) is 15.2 Å². The van der Waals surface area contributed by atoms with Crippen molar-refractivity contribution >= 4 is 17.8 Å². The number of hydrogen-bond donors (Lipinski definition) is 1. The van der Waals surface area contributed by atoms with Gasteiger partial charge in [0.2, 0.25) is 17.8 Å². The molecule has 8 nitrogen and oxygen atoms in total. The van der Waals surface area contributed by atoms with E-state index in [1.54, 1.807) is 34.7 Å². The second-order valence-corrected chi connectivity index (χ2v) is 10.0. The topological polar surface area (TPSA) is 79.7 Å². The van der Waals surface area contributed by atoms with Crippen LogP contribution in [-0.4, -0.2) is 77.1 Å². The molecule has 1 aromatic heterocycles. The van der Waals surface area contributed by atoms with Crippen LogP contribution in [0.25, 0.3) is 16.9 Å². The number of hydrogen-bond acceptors (Lipinski definition) is 5. The zero-order valence-electron chi connectivity index (χ0n) is 22.3. The number of morpholine rings is 1. The average molecular weight is 522 g/mol. The van der Waals surface area contributed by atoms with Gasteiger partial charge in [0.15, 0.2) is 0 Å². The molecule has 9 heteroatoms. The number of ether oxygens (including phenoxy) is 1. The first-order valence-electron chi connectivity index (χ1n) is 13.1. The van der Waals surface area contributed by atoms with Crippen molar-refractivity contribution < 1.29 is 18.7 Å². The summed E-state index contributed by atoms with van der Waals surface area (Å²) in [5.41, 5.74) is 2.58. The van der Waals surface area contributed by atoms with Crippen molar-refractivity contribution in [1.29, 1.82) is 0 Å². The van der Waals surface area contributed by atoms with Gasteiger partial charge in [-0.25, -0.2) is 9.37 Å². The Bertz CT molecular complexity index is 1240. The minimum atomic E-state index is -0.358. The Labute approximate surface area is 223 Å². The Morgan fingerprint density at radius 3 is 2.55 bits per heavy atom. The number of imidazole rings is 1. The van der Waals surface area contributed by atoms with Crippen LogP contribution in [0.4, 0.5) is 10.3 Å². The van der Waals surface area contributed by atoms with Gasteiger partial charge in [0, 0.05) is 44.4 Å². The second kappa shape index (κ2) is 12.8. The van der Waals surface area contributed by atoms with E-state index in [-0.39, 0.29) is 36.0 Å². The lowest BCUT2D eigenvalue weighted by Crippen LogP contribution is -2.45. The molecule has 0 aliphatic carbocycles. The standard InChI is InChI=1S/C29H36FN5O3/c1-21(2)17-28(37)34(12-11-33-13-15-38-16-14-33)20-27(36)32-29-31-26(23-7-5-4-6-8-23)19-35(29)24-10-9-22(3)25(30)18-24/h4-10,18-19,21H,11-17,20H2,1-3H3,(H,31,32,36). The van der Waals surface area contributed by atoms with Gasteiger partial charge < -0.3 is 9.64 Å². The Morgan fingerprint density at radius 2 is 1.87 bits per heavy atom. The van der Waals surface area contributed by atoms with E-state index in [0.29, 0.717) is 49.7 Å². The summed E-state index contributed by atoms with van der Waals surface area (Å²) in [6, 6.07) is 14.5. The van der Waals surface area contributed by atoms with Gasteiger partial charge in [-0.15, -0.1) is 0 Å². The Morgan fingerprint density at radius 1 is 1.13 bits per heavy atom. The summed E-state index contributed by atoms with van der Waals surface area (Å²) in [4.78, 5) is 34.8. The van der Waals surface area contributed by atoms with Crippen LogP contribution >= 0.6 is 0 Å². The van der Waals surface area contributed by atoms with Gasteiger partial charge in [-0.3, -0.25) is 24.4 Å². The molecule has 0 saturated carbocycles. The number of nitrogens with one attached hydrogen (secondary N) is 1. The highest BCUT2D eigenvalue weighted by Gasteiger charge is 2.22. The first kappa shape index (κ1) is 27.5. The Hall–Kier alpha value is -3.56. The molecule has 0 spiro atoms. The van der Waals surface area contributed by atoms with Crippen LogP contribution in [0.5, 0.6) is 0 Å². The normalized spacial score (nSPS) is 14.0. The fraction of sp³-hybridized carbons (Fsp3) is 0.414. The molecule has 2 aromatic carbocycles. The highest BCUT2D eigenvalue weighted by Crippen LogP contribution is 2.25. The van der Waals surface area contributed by atoms with Gasteiger partial charge in [0.1, 0.15) is 5.82 Å². The van der Waals surface area contributed by atoms with E-state index in [9.17, 15) is 14.0 Å². The Balaban J connectivity index is 1.55. The summed E-state index contributed by atoms with van der Waals surface area (Å²) >= 11 is 0. The van der Waals surface area contributed by atoms with E-state index < -0.39 is 0 Å². The van der Waals surface area contributed by atoms with E-state index >= 15 is 0 Å². The Kier molecular flexibility index (Phi) is 9.25. The molecule has 0 atom stereocenters. The first-order valence-corrected chi connectivity index (χ1v) is 13.1. The molecule has 3 aromatic rings. The lowest BCUT2D eigenvalue weighted by atomic mass is 10.1. The number of aryl methyl sites for hydroxylation is 1. The third-order valence-electron chi connectivity index (χ3n) is 6.52. The van der Waals surface area contributed by atoms with Crippen LogP contribution in [0.15, 0.2) is 54.7 Å². The molecule has 2 heterocycles. The third-order valence-corrected chi connectivity index (χ3v) is 6.52. The van der Waals surface area contributed by atoms with Gasteiger partial charge in [0.05, 0.1) is 31.1 Å². The summed E-state index contributed by atoms with van der Waals surface area (Å²) < 4.78 is 21.5. The molecule has 1 saturated heterocycles. The molecule has 0 bridgehead atoms. The number of carbonyl (C=O) groups is 2. The quantitative estimate of drug-likeness (QED) is 0.434. The summed E-state index contributed by atoms with van der Waals surface area (Å²) in [6.07, 6.45) is 2.14. The molecule has 1 fully saturated rings. The number of anilines is 1. The minimum Gasteiger partial charge on any atom is -0.379 e. The van der Waals surface area contributed by atoms with Gasteiger partial charge in [-0.1, -0.05) is 50.2 Å². The number of rotatable bonds is 10. The number of aromatic nitrogens is 2. The van der Waals surface area contributed by atoms with Crippen molar-refractivity contribution in [2.24, 2.45) is 5.92 Å². The maximum absolute atomic E-state index is 14.4. The largest absolute Gasteiger partial charge is 0.379 e. The number of amides is 2. The smallest absolute Gasteiger partial charge is 0.246 e. The summed E-state index contributed by atoms with van der Waals surface area (Å²) in [5.74, 6) is -0.314. The predicted molar refractivity (Wildman–Crippen MR) is 146 cm³/mol. The first-order chi connectivity index (χ1) is 18.3. The molecule has 1 N–H and O–H groups in total. The summed E-state index contributed by atoms with van der Waals surface area (Å²) in [6.45, 7) is 9.68. The number of halogens is 1. The van der Waals surface area contributed by atoms with Crippen molar-refractivity contribution in [3.63, 3.8) is 0 Å². The predicted octanol–water partition coefficient (Wildman–Crippen LogP) is 4.13. The van der Waals surface area contributed by atoms with Gasteiger partial charge in [0.25, 0.3) is 0 Å². The van der Waals surface area contributed by atoms with Crippen LogP contribution in [0.3, 0.4) is 0 Å². The van der Waals surface area contributed by atoms with Crippen molar-refractivity contribution in [2.45, 2.75) is 27.2 Å². The maximum atomic E-state index is 14.4. The average Bonchev–Trinajstić information content (AvgIpc) is 3.32. The number of benzene rings is 2. The van der Waals surface area contributed by atoms with Crippen molar-refractivity contribution in [2.75, 3.05) is 51.3 Å². The lowest BCUT2D eigenvalue weighted by molar-refractivity contribution is -0.135. The molecule has 4 rings (SSSR count). The number of nitrogens with zero attached hydrogens (tertiary/aromatic N) is 4. The van der Waals surface area contributed by atoms with Crippen LogP contribution in [0, 0.1) is 18.7 Å². The van der Waals surface area contributed by atoms with Crippen LogP contribution in [-0.2, 0) is 14.3 Å². The van der Waals surface area contributed by atoms with Crippen LogP contribution in [0.2, 0.25) is 0 Å². The monoisotopic (exact) mass is 521 g/mol. The molecular formula is C29H36FN5O3. The molecule has 0 radical (unpaired) electrons. The maximum Gasteiger partial charge on any atom is 0.246 e. The molecular weight excluding hydrogens is 485 g/mol. The van der Waals surface area contributed by atoms with E-state index in [1.807, 2.05) is 44.2 Å². The van der Waals surface area contributed by atoms with Crippen molar-refractivity contribution in [3.8, 4) is 16.9 Å². The van der Waals surface area contributed by atoms with Crippen LogP contribution < -0.4 is 5.32 Å². The zero-order valence-corrected chi connectivity index (χ0v) is 22.3. The van der Waals surface area contributed by atoms with Crippen molar-refractivity contribution in [1.82, 2.24) is 19.4 Å². The minimum absolute atomic E-state index is 0.0580. The fourth-order valence-corrected chi connectivity index (χ4v) is 4.34. The van der Waals surface area contributed by atoms with E-state index in [1.165, 1.54) is 6.07 Å². The van der Waals surface area contributed by atoms with Crippen molar-refractivity contribution in [3.05, 3.63) is 66.1 Å². The highest BCUT2D eigenvalue weighted by molar-refractivity contribution is 5.94. The highest BCUT2D eigenvalue weighted by atomic mass is 19.1. The number of carbonyl (C=O) groups excluding carboxylic acids is 2. The summed E-state index contributed by atoms with van der Waals surface area (Å²) in [5, 5.41) is 2.87. The molecule has 2 amide bonds. The molecule has 202 valence electrons. The fourth-order valence-electron chi connectivity index (χ4n) is 4.34. The molecule has 38 heavy (non-hydrogen) atoms. The molecule has 0 unspecified atom stereocenters. The zero-order chi connectivity index (χ0) is 27.1. The van der Waals surface area contributed by atoms with E-state index in [4.69, 9.17) is 4.74 Å². The lowest BCUT2D eigenvalue weighted by Gasteiger charge is -2.30. The van der Waals surface area contributed by atoms with Gasteiger partial charge in [-0.2, -0.15) is 0 Å². The van der Waals surface area contributed by atoms with Gasteiger partial charge >= 0.3 is 0 Å². The second-order valence-electron chi connectivity index (χ2n) is 10.0.